The second-order valence-corrected chi connectivity index (χ2v) is 7.01. The molecule has 0 unspecified atom stereocenters. The predicted octanol–water partition coefficient (Wildman–Crippen LogP) is 0.327. The molecule has 0 bridgehead atoms. The Hall–Kier alpha value is -0.620. The third-order valence-corrected chi connectivity index (χ3v) is 4.33. The molecule has 1 saturated carbocycles. The molecule has 1 aliphatic carbocycles. The normalized spacial score (nSPS) is 27.0. The van der Waals surface area contributed by atoms with Crippen molar-refractivity contribution in [2.24, 2.45) is 5.92 Å². The molecule has 98 valence electrons. The molecule has 0 spiro atoms. The fraction of sp³-hybridized carbons (Fsp3) is 0.909. The lowest BCUT2D eigenvalue weighted by molar-refractivity contribution is -0.129. The molecule has 17 heavy (non-hydrogen) atoms. The van der Waals surface area contributed by atoms with E-state index in [0.717, 1.165) is 19.1 Å². The third kappa shape index (κ3) is 3.42. The van der Waals surface area contributed by atoms with E-state index < -0.39 is 10.0 Å². The Balaban J connectivity index is 1.86. The summed E-state index contributed by atoms with van der Waals surface area (Å²) < 4.78 is 24.5. The van der Waals surface area contributed by atoms with Crippen molar-refractivity contribution in [1.82, 2.24) is 9.62 Å². The highest BCUT2D eigenvalue weighted by Gasteiger charge is 2.35. The van der Waals surface area contributed by atoms with Crippen molar-refractivity contribution < 1.29 is 13.2 Å². The van der Waals surface area contributed by atoms with E-state index in [4.69, 9.17) is 0 Å². The number of hydrogen-bond donors (Lipinski definition) is 1. The van der Waals surface area contributed by atoms with Crippen molar-refractivity contribution in [2.75, 3.05) is 19.3 Å². The van der Waals surface area contributed by atoms with Gasteiger partial charge in [0.2, 0.25) is 15.9 Å². The highest BCUT2D eigenvalue weighted by molar-refractivity contribution is 7.88. The molecule has 1 saturated heterocycles. The second kappa shape index (κ2) is 4.94. The summed E-state index contributed by atoms with van der Waals surface area (Å²) in [5, 5.41) is 0. The number of nitrogens with zero attached hydrogens (tertiary/aromatic N) is 1. The van der Waals surface area contributed by atoms with E-state index in [1.54, 1.807) is 0 Å². The van der Waals surface area contributed by atoms with Crippen molar-refractivity contribution in [3.05, 3.63) is 0 Å². The van der Waals surface area contributed by atoms with Gasteiger partial charge in [-0.2, -0.15) is 0 Å². The van der Waals surface area contributed by atoms with E-state index in [1.807, 2.05) is 4.90 Å². The molecule has 0 aromatic heterocycles. The van der Waals surface area contributed by atoms with E-state index in [1.165, 1.54) is 12.8 Å². The zero-order valence-electron chi connectivity index (χ0n) is 10.2. The van der Waals surface area contributed by atoms with Crippen LogP contribution in [0.3, 0.4) is 0 Å². The summed E-state index contributed by atoms with van der Waals surface area (Å²) in [5.74, 6) is 0.329. The van der Waals surface area contributed by atoms with Gasteiger partial charge in [-0.15, -0.1) is 0 Å². The Morgan fingerprint density at radius 2 is 2.00 bits per heavy atom. The van der Waals surface area contributed by atoms with Crippen LogP contribution in [0, 0.1) is 5.92 Å². The highest BCUT2D eigenvalue weighted by atomic mass is 32.2. The Bertz CT molecular complexity index is 388. The van der Waals surface area contributed by atoms with Crippen molar-refractivity contribution in [3.8, 4) is 0 Å². The van der Waals surface area contributed by atoms with Crippen LogP contribution in [-0.4, -0.2) is 44.6 Å². The first-order valence-electron chi connectivity index (χ1n) is 6.20. The summed E-state index contributed by atoms with van der Waals surface area (Å²) in [6.07, 6.45) is 6.27. The topological polar surface area (TPSA) is 66.5 Å². The average Bonchev–Trinajstić information content (AvgIpc) is 2.82. The lowest BCUT2D eigenvalue weighted by atomic mass is 10.1. The smallest absolute Gasteiger partial charge is 0.223 e. The van der Waals surface area contributed by atoms with Gasteiger partial charge in [0, 0.05) is 25.6 Å². The maximum Gasteiger partial charge on any atom is 0.223 e. The van der Waals surface area contributed by atoms with E-state index >= 15 is 0 Å². The van der Waals surface area contributed by atoms with Crippen molar-refractivity contribution in [2.45, 2.75) is 38.1 Å². The highest BCUT2D eigenvalue weighted by Crippen LogP contribution is 2.29. The molecule has 0 aromatic carbocycles. The van der Waals surface area contributed by atoms with Crippen molar-refractivity contribution in [1.29, 1.82) is 0 Å². The number of nitrogens with one attached hydrogen (secondary N) is 1. The molecular formula is C11H20N2O3S. The number of hydrogen-bond acceptors (Lipinski definition) is 3. The number of likely N-dealkylation sites (tertiary alicyclic amines) is 1. The molecule has 0 radical (unpaired) electrons. The molecule has 2 rings (SSSR count). The van der Waals surface area contributed by atoms with E-state index in [9.17, 15) is 13.2 Å². The Morgan fingerprint density at radius 1 is 1.35 bits per heavy atom. The third-order valence-electron chi connectivity index (χ3n) is 3.64. The zero-order chi connectivity index (χ0) is 12.5. The van der Waals surface area contributed by atoms with Crippen LogP contribution in [-0.2, 0) is 14.8 Å². The van der Waals surface area contributed by atoms with Crippen LogP contribution >= 0.6 is 0 Å². The predicted molar refractivity (Wildman–Crippen MR) is 64.9 cm³/mol. The van der Waals surface area contributed by atoms with Gasteiger partial charge < -0.3 is 4.90 Å². The van der Waals surface area contributed by atoms with Gasteiger partial charge in [0.05, 0.1) is 6.26 Å². The van der Waals surface area contributed by atoms with Crippen LogP contribution in [0.25, 0.3) is 0 Å². The Kier molecular flexibility index (Phi) is 3.73. The summed E-state index contributed by atoms with van der Waals surface area (Å²) in [5.41, 5.74) is 0. The number of rotatable bonds is 4. The molecule has 1 amide bonds. The molecule has 2 fully saturated rings. The van der Waals surface area contributed by atoms with Gasteiger partial charge in [-0.05, 0) is 18.8 Å². The van der Waals surface area contributed by atoms with Gasteiger partial charge >= 0.3 is 0 Å². The van der Waals surface area contributed by atoms with E-state index in [0.29, 0.717) is 25.6 Å². The fourth-order valence-corrected chi connectivity index (χ4v) is 3.32. The van der Waals surface area contributed by atoms with E-state index in [-0.39, 0.29) is 11.8 Å². The fourth-order valence-electron chi connectivity index (χ4n) is 2.78. The summed E-state index contributed by atoms with van der Waals surface area (Å²) >= 11 is 0. The first-order chi connectivity index (χ1) is 7.96. The standard InChI is InChI=1S/C11H20N2O3S/c1-17(15,16)12-7-9-6-11(14)13(8-9)10-4-2-3-5-10/h9-10,12H,2-8H2,1H3/t9-/m1/s1. The Morgan fingerprint density at radius 3 is 2.59 bits per heavy atom. The van der Waals surface area contributed by atoms with Gasteiger partial charge in [-0.3, -0.25) is 4.79 Å². The van der Waals surface area contributed by atoms with Crippen molar-refractivity contribution >= 4 is 15.9 Å². The summed E-state index contributed by atoms with van der Waals surface area (Å²) in [7, 11) is -3.15. The SMILES string of the molecule is CS(=O)(=O)NC[C@H]1CC(=O)N(C2CCCC2)C1. The van der Waals surface area contributed by atoms with Gasteiger partial charge in [-0.25, -0.2) is 13.1 Å². The van der Waals surface area contributed by atoms with Crippen LogP contribution in [0.15, 0.2) is 0 Å². The summed E-state index contributed by atoms with van der Waals surface area (Å²) in [6.45, 7) is 1.10. The molecular weight excluding hydrogens is 240 g/mol. The molecule has 5 nitrogen and oxygen atoms in total. The van der Waals surface area contributed by atoms with Crippen LogP contribution in [0.2, 0.25) is 0 Å². The van der Waals surface area contributed by atoms with Crippen LogP contribution in [0.1, 0.15) is 32.1 Å². The van der Waals surface area contributed by atoms with Gasteiger partial charge in [0.15, 0.2) is 0 Å². The van der Waals surface area contributed by atoms with Crippen molar-refractivity contribution in [3.63, 3.8) is 0 Å². The molecule has 0 aromatic rings. The van der Waals surface area contributed by atoms with Gasteiger partial charge in [-0.1, -0.05) is 12.8 Å². The maximum absolute atomic E-state index is 11.8. The molecule has 1 aliphatic heterocycles. The largest absolute Gasteiger partial charge is 0.339 e. The minimum atomic E-state index is -3.15. The average molecular weight is 260 g/mol. The van der Waals surface area contributed by atoms with E-state index in [2.05, 4.69) is 4.72 Å². The summed E-state index contributed by atoms with van der Waals surface area (Å²) in [4.78, 5) is 13.8. The first kappa shape index (κ1) is 12.8. The quantitative estimate of drug-likeness (QED) is 0.792. The number of carbonyl (C=O) groups is 1. The van der Waals surface area contributed by atoms with Crippen LogP contribution in [0.5, 0.6) is 0 Å². The summed E-state index contributed by atoms with van der Waals surface area (Å²) in [6, 6.07) is 0.408. The number of sulfonamides is 1. The maximum atomic E-state index is 11.8. The second-order valence-electron chi connectivity index (χ2n) is 5.18. The lowest BCUT2D eigenvalue weighted by Crippen LogP contribution is -2.35. The monoisotopic (exact) mass is 260 g/mol. The minimum absolute atomic E-state index is 0.137. The molecule has 6 heteroatoms. The van der Waals surface area contributed by atoms with Gasteiger partial charge in [0.1, 0.15) is 0 Å². The molecule has 1 N–H and O–H groups in total. The Labute approximate surface area is 103 Å². The first-order valence-corrected chi connectivity index (χ1v) is 8.09. The number of amides is 1. The number of carbonyl (C=O) groups excluding carboxylic acids is 1. The zero-order valence-corrected chi connectivity index (χ0v) is 11.0. The van der Waals surface area contributed by atoms with Crippen LogP contribution in [0.4, 0.5) is 0 Å². The minimum Gasteiger partial charge on any atom is -0.339 e. The molecule has 2 aliphatic rings. The molecule has 1 atom stereocenters. The van der Waals surface area contributed by atoms with Gasteiger partial charge in [0.25, 0.3) is 0 Å². The van der Waals surface area contributed by atoms with Crippen LogP contribution < -0.4 is 4.72 Å². The lowest BCUT2D eigenvalue weighted by Gasteiger charge is -2.24. The molecule has 1 heterocycles.